The monoisotopic (exact) mass is 622 g/mol. The van der Waals surface area contributed by atoms with Crippen molar-refractivity contribution in [1.82, 2.24) is 0 Å². The molecule has 0 saturated heterocycles. The van der Waals surface area contributed by atoms with E-state index in [0.717, 1.165) is 0 Å². The van der Waals surface area contributed by atoms with Gasteiger partial charge in [0, 0.05) is 5.41 Å². The van der Waals surface area contributed by atoms with Crippen LogP contribution >= 0.6 is 0 Å². The Morgan fingerprint density at radius 1 is 0.327 bits per heavy atom. The van der Waals surface area contributed by atoms with Gasteiger partial charge in [0.2, 0.25) is 0 Å². The Labute approximate surface area is 286 Å². The summed E-state index contributed by atoms with van der Waals surface area (Å²) in [5, 5.41) is 10.3. The van der Waals surface area contributed by atoms with Gasteiger partial charge in [-0.1, -0.05) is 172 Å². The topological polar surface area (TPSA) is 0 Å². The minimum atomic E-state index is -0.149. The van der Waals surface area contributed by atoms with Crippen molar-refractivity contribution in [2.24, 2.45) is 0 Å². The van der Waals surface area contributed by atoms with E-state index in [1.807, 2.05) is 0 Å². The van der Waals surface area contributed by atoms with Crippen LogP contribution in [0.5, 0.6) is 0 Å². The Morgan fingerprint density at radius 3 is 1.47 bits per heavy atom. The predicted molar refractivity (Wildman–Crippen MR) is 210 cm³/mol. The van der Waals surface area contributed by atoms with Crippen LogP contribution in [0.2, 0.25) is 0 Å². The van der Waals surface area contributed by atoms with Crippen molar-refractivity contribution in [3.8, 4) is 44.5 Å². The number of hydrogen-bond donors (Lipinski definition) is 0. The standard InChI is InChI=1S/C49H34/c1-49(2)45-30-35-15-4-3-14-34(35)29-44(45)42-23-12-24-43(48(42)49)47-40-20-9-7-18-38(40)46(39-19-8-10-21-41(39)47)33-27-25-32(26-28-33)37-22-11-16-31-13-5-6-17-36(31)37/h3-30H,1-2H3. The molecule has 0 spiro atoms. The Kier molecular flexibility index (Phi) is 6.02. The van der Waals surface area contributed by atoms with Crippen LogP contribution in [0.25, 0.3) is 87.6 Å². The first-order valence-electron chi connectivity index (χ1n) is 17.3. The third-order valence-corrected chi connectivity index (χ3v) is 11.0. The van der Waals surface area contributed by atoms with Crippen LogP contribution < -0.4 is 0 Å². The third kappa shape index (κ3) is 4.11. The van der Waals surface area contributed by atoms with E-state index in [1.54, 1.807) is 0 Å². The number of fused-ring (bicyclic) bond motifs is 7. The Balaban J connectivity index is 1.21. The molecule has 49 heavy (non-hydrogen) atoms. The van der Waals surface area contributed by atoms with Crippen LogP contribution in [0.4, 0.5) is 0 Å². The summed E-state index contributed by atoms with van der Waals surface area (Å²) in [5.41, 5.74) is 13.1. The van der Waals surface area contributed by atoms with Crippen molar-refractivity contribution in [3.05, 3.63) is 181 Å². The van der Waals surface area contributed by atoms with E-state index in [0.29, 0.717) is 0 Å². The zero-order valence-electron chi connectivity index (χ0n) is 27.7. The molecule has 0 radical (unpaired) electrons. The maximum Gasteiger partial charge on any atom is 0.0165 e. The average Bonchev–Trinajstić information content (AvgIpc) is 3.38. The summed E-state index contributed by atoms with van der Waals surface area (Å²) in [6.45, 7) is 4.82. The minimum Gasteiger partial charge on any atom is -0.0616 e. The van der Waals surface area contributed by atoms with Crippen LogP contribution in [-0.4, -0.2) is 0 Å². The molecule has 0 heteroatoms. The van der Waals surface area contributed by atoms with Gasteiger partial charge in [0.25, 0.3) is 0 Å². The van der Waals surface area contributed by atoms with E-state index in [9.17, 15) is 0 Å². The summed E-state index contributed by atoms with van der Waals surface area (Å²) < 4.78 is 0. The first-order valence-corrected chi connectivity index (χ1v) is 17.3. The molecule has 0 bridgehead atoms. The van der Waals surface area contributed by atoms with Gasteiger partial charge in [-0.05, 0) is 111 Å². The highest BCUT2D eigenvalue weighted by Crippen LogP contribution is 2.55. The van der Waals surface area contributed by atoms with Crippen LogP contribution in [-0.2, 0) is 5.41 Å². The molecule has 230 valence electrons. The highest BCUT2D eigenvalue weighted by Gasteiger charge is 2.38. The minimum absolute atomic E-state index is 0.149. The van der Waals surface area contributed by atoms with Crippen LogP contribution in [0, 0.1) is 0 Å². The second-order valence-corrected chi connectivity index (χ2v) is 14.0. The van der Waals surface area contributed by atoms with Gasteiger partial charge in [-0.25, -0.2) is 0 Å². The largest absolute Gasteiger partial charge is 0.0616 e. The molecule has 1 aliphatic carbocycles. The maximum absolute atomic E-state index is 2.43. The maximum atomic E-state index is 2.43. The van der Waals surface area contributed by atoms with Crippen molar-refractivity contribution in [2.45, 2.75) is 19.3 Å². The molecule has 10 rings (SSSR count). The first-order chi connectivity index (χ1) is 24.1. The number of benzene rings is 9. The number of hydrogen-bond acceptors (Lipinski definition) is 0. The molecule has 0 nitrogen and oxygen atoms in total. The summed E-state index contributed by atoms with van der Waals surface area (Å²) >= 11 is 0. The van der Waals surface area contributed by atoms with Gasteiger partial charge >= 0.3 is 0 Å². The van der Waals surface area contributed by atoms with Gasteiger partial charge in [0.05, 0.1) is 0 Å². The van der Waals surface area contributed by atoms with Gasteiger partial charge in [-0.2, -0.15) is 0 Å². The summed E-state index contributed by atoms with van der Waals surface area (Å²) in [6, 6.07) is 63.1. The fourth-order valence-electron chi connectivity index (χ4n) is 8.80. The normalized spacial score (nSPS) is 13.3. The third-order valence-electron chi connectivity index (χ3n) is 11.0. The molecule has 0 atom stereocenters. The lowest BCUT2D eigenvalue weighted by Crippen LogP contribution is -2.16. The zero-order valence-corrected chi connectivity index (χ0v) is 27.7. The van der Waals surface area contributed by atoms with E-state index < -0.39 is 0 Å². The van der Waals surface area contributed by atoms with E-state index in [-0.39, 0.29) is 5.41 Å². The van der Waals surface area contributed by atoms with Gasteiger partial charge in [-0.3, -0.25) is 0 Å². The molecular weight excluding hydrogens is 589 g/mol. The van der Waals surface area contributed by atoms with E-state index in [2.05, 4.69) is 184 Å². The van der Waals surface area contributed by atoms with E-state index in [4.69, 9.17) is 0 Å². The zero-order chi connectivity index (χ0) is 32.7. The Hall–Kier alpha value is -5.98. The van der Waals surface area contributed by atoms with Crippen molar-refractivity contribution < 1.29 is 0 Å². The number of rotatable bonds is 3. The second-order valence-electron chi connectivity index (χ2n) is 14.0. The fraction of sp³-hybridized carbons (Fsp3) is 0.0612. The lowest BCUT2D eigenvalue weighted by atomic mass is 9.76. The molecule has 0 amide bonds. The highest BCUT2D eigenvalue weighted by molar-refractivity contribution is 6.22. The second kappa shape index (κ2) is 10.5. The molecule has 0 fully saturated rings. The molecular formula is C49H34. The van der Waals surface area contributed by atoms with Crippen LogP contribution in [0.3, 0.4) is 0 Å². The first kappa shape index (κ1) is 28.1. The van der Waals surface area contributed by atoms with E-state index >= 15 is 0 Å². The molecule has 1 aliphatic rings. The lowest BCUT2D eigenvalue weighted by molar-refractivity contribution is 0.663. The molecule has 0 saturated carbocycles. The average molecular weight is 623 g/mol. The van der Waals surface area contributed by atoms with Crippen molar-refractivity contribution >= 4 is 43.1 Å². The van der Waals surface area contributed by atoms with Gasteiger partial charge in [0.15, 0.2) is 0 Å². The van der Waals surface area contributed by atoms with Gasteiger partial charge < -0.3 is 0 Å². The molecule has 9 aromatic rings. The van der Waals surface area contributed by atoms with Crippen LogP contribution in [0.15, 0.2) is 170 Å². The smallest absolute Gasteiger partial charge is 0.0165 e. The molecule has 0 aromatic heterocycles. The quantitative estimate of drug-likeness (QED) is 0.172. The lowest BCUT2D eigenvalue weighted by Gasteiger charge is -2.26. The molecule has 0 heterocycles. The SMILES string of the molecule is CC1(C)c2cc3ccccc3cc2-c2cccc(-c3c4ccccc4c(-c4ccc(-c5cccc6ccccc56)cc4)c4ccccc34)c21. The molecule has 0 N–H and O–H groups in total. The predicted octanol–water partition coefficient (Wildman–Crippen LogP) is 13.6. The van der Waals surface area contributed by atoms with Gasteiger partial charge in [0.1, 0.15) is 0 Å². The highest BCUT2D eigenvalue weighted by atomic mass is 14.4. The van der Waals surface area contributed by atoms with E-state index in [1.165, 1.54) is 98.7 Å². The Morgan fingerprint density at radius 2 is 0.796 bits per heavy atom. The summed E-state index contributed by atoms with van der Waals surface area (Å²) in [7, 11) is 0. The van der Waals surface area contributed by atoms with Crippen LogP contribution in [0.1, 0.15) is 25.0 Å². The fourth-order valence-corrected chi connectivity index (χ4v) is 8.80. The van der Waals surface area contributed by atoms with Crippen molar-refractivity contribution in [1.29, 1.82) is 0 Å². The van der Waals surface area contributed by atoms with Crippen molar-refractivity contribution in [3.63, 3.8) is 0 Å². The Bertz CT molecular complexity index is 2720. The van der Waals surface area contributed by atoms with Gasteiger partial charge in [-0.15, -0.1) is 0 Å². The molecule has 0 unspecified atom stereocenters. The summed E-state index contributed by atoms with van der Waals surface area (Å²) in [5.74, 6) is 0. The van der Waals surface area contributed by atoms with Crippen molar-refractivity contribution in [2.75, 3.05) is 0 Å². The molecule has 9 aromatic carbocycles. The summed E-state index contributed by atoms with van der Waals surface area (Å²) in [4.78, 5) is 0. The summed E-state index contributed by atoms with van der Waals surface area (Å²) in [6.07, 6.45) is 0. The molecule has 0 aliphatic heterocycles.